The number of benzene rings is 2. The molecule has 2 rings (SSSR count). The maximum atomic E-state index is 9.10. The minimum atomic E-state index is 0. The van der Waals surface area contributed by atoms with Gasteiger partial charge in [-0.2, -0.15) is 11.4 Å². The van der Waals surface area contributed by atoms with Gasteiger partial charge in [0.25, 0.3) is 0 Å². The number of rotatable bonds is 2. The summed E-state index contributed by atoms with van der Waals surface area (Å²) in [6.07, 6.45) is 0. The van der Waals surface area contributed by atoms with Crippen molar-refractivity contribution in [3.05, 3.63) is 70.5 Å². The molecule has 0 aromatic heterocycles. The second-order valence-electron chi connectivity index (χ2n) is 4.21. The van der Waals surface area contributed by atoms with Crippen LogP contribution in [0.2, 0.25) is 0 Å². The van der Waals surface area contributed by atoms with Crippen LogP contribution in [0.5, 0.6) is 11.5 Å². The molecule has 0 unspecified atom stereocenters. The minimum Gasteiger partial charge on any atom is -0.807 e. The van der Waals surface area contributed by atoms with E-state index in [4.69, 9.17) is 21.0 Å². The molecule has 104 valence electrons. The van der Waals surface area contributed by atoms with Gasteiger partial charge in [0, 0.05) is 0 Å². The fourth-order valence-corrected chi connectivity index (χ4v) is 1.56. The molecule has 5 heteroatoms. The van der Waals surface area contributed by atoms with Crippen molar-refractivity contribution >= 4 is 11.4 Å². The Bertz CT molecular complexity index is 572. The first-order valence-corrected chi connectivity index (χ1v) is 6.05. The number of nitrogens with zero attached hydrogens (tertiary/aromatic N) is 2. The van der Waals surface area contributed by atoms with Gasteiger partial charge in [0.2, 0.25) is 0 Å². The van der Waals surface area contributed by atoms with E-state index in [-0.39, 0.29) is 55.6 Å². The van der Waals surface area contributed by atoms with Crippen molar-refractivity contribution in [1.82, 2.24) is 0 Å². The van der Waals surface area contributed by atoms with Gasteiger partial charge in [0.15, 0.2) is 0 Å². The van der Waals surface area contributed by atoms with Crippen LogP contribution in [0.3, 0.4) is 0 Å². The molecule has 2 aromatic rings. The van der Waals surface area contributed by atoms with Gasteiger partial charge in [0.1, 0.15) is 11.5 Å². The number of aromatic hydroxyl groups is 2. The number of para-hydroxylation sites is 2. The molecule has 0 fully saturated rings. The summed E-state index contributed by atoms with van der Waals surface area (Å²) in [5.41, 5.74) is 1.25. The van der Waals surface area contributed by atoms with E-state index in [0.29, 0.717) is 11.1 Å². The van der Waals surface area contributed by atoms with Crippen molar-refractivity contribution in [3.8, 4) is 11.5 Å². The Labute approximate surface area is 149 Å². The van der Waals surface area contributed by atoms with Crippen molar-refractivity contribution in [2.45, 2.75) is 13.8 Å². The van der Waals surface area contributed by atoms with Crippen LogP contribution in [-0.2, 0) is 32.7 Å². The van der Waals surface area contributed by atoms with Gasteiger partial charge in [0.05, 0.1) is 0 Å². The Morgan fingerprint density at radius 3 is 1.19 bits per heavy atom. The van der Waals surface area contributed by atoms with Crippen molar-refractivity contribution in [1.29, 1.82) is 0 Å². The van der Waals surface area contributed by atoms with Crippen molar-refractivity contribution in [3.63, 3.8) is 0 Å². The van der Waals surface area contributed by atoms with Gasteiger partial charge in [-0.25, -0.2) is 0 Å². The third-order valence-electron chi connectivity index (χ3n) is 2.59. The summed E-state index contributed by atoms with van der Waals surface area (Å²) in [5, 5.41) is 36.1. The van der Waals surface area contributed by atoms with E-state index in [9.17, 15) is 0 Å². The van der Waals surface area contributed by atoms with Gasteiger partial charge in [-0.05, 0) is 23.3 Å². The molecule has 2 N–H and O–H groups in total. The van der Waals surface area contributed by atoms with E-state index < -0.39 is 0 Å². The second-order valence-corrected chi connectivity index (χ2v) is 4.21. The standard InChI is InChI=1S/2C8H8NO.Y/c2*1-6(9)7-4-2-3-5-8(7)10;/h2*2-5,10H,1H3;/q2*-1;+3. The molecule has 21 heavy (non-hydrogen) atoms. The number of phenolic OH excluding ortho intramolecular Hbond substituents is 2. The molecule has 0 saturated heterocycles. The molecule has 0 aliphatic carbocycles. The first-order valence-electron chi connectivity index (χ1n) is 6.05. The summed E-state index contributed by atoms with van der Waals surface area (Å²) in [6, 6.07) is 13.3. The smallest absolute Gasteiger partial charge is 0.807 e. The predicted octanol–water partition coefficient (Wildman–Crippen LogP) is 3.54. The molecule has 2 aromatic carbocycles. The van der Waals surface area contributed by atoms with Gasteiger partial charge >= 0.3 is 32.7 Å². The van der Waals surface area contributed by atoms with Gasteiger partial charge in [-0.3, -0.25) is 0 Å². The first-order chi connectivity index (χ1) is 9.43. The molecule has 0 radical (unpaired) electrons. The summed E-state index contributed by atoms with van der Waals surface area (Å²) in [4.78, 5) is 0. The largest absolute Gasteiger partial charge is 3.00 e. The van der Waals surface area contributed by atoms with E-state index in [1.807, 2.05) is 0 Å². The molecule has 0 atom stereocenters. The number of hydrogen-bond donors (Lipinski definition) is 2. The fraction of sp³-hybridized carbons (Fsp3) is 0.125. The Morgan fingerprint density at radius 2 is 1.00 bits per heavy atom. The number of phenols is 2. The third-order valence-corrected chi connectivity index (χ3v) is 2.59. The topological polar surface area (TPSA) is 85.1 Å². The molecule has 0 aliphatic heterocycles. The average Bonchev–Trinajstić information content (AvgIpc) is 2.40. The zero-order chi connectivity index (χ0) is 15.1. The molecule has 0 heterocycles. The van der Waals surface area contributed by atoms with Crippen LogP contribution in [0.1, 0.15) is 25.0 Å². The van der Waals surface area contributed by atoms with Crippen molar-refractivity contribution < 1.29 is 42.9 Å². The Hall–Kier alpha value is -1.52. The number of hydrogen-bond acceptors (Lipinski definition) is 2. The first kappa shape index (κ1) is 19.5. The predicted molar refractivity (Wildman–Crippen MR) is 82.5 cm³/mol. The van der Waals surface area contributed by atoms with Crippen LogP contribution in [0.15, 0.2) is 48.5 Å². The molecule has 0 saturated carbocycles. The molecule has 0 spiro atoms. The van der Waals surface area contributed by atoms with Gasteiger partial charge in [-0.15, -0.1) is 0 Å². The second kappa shape index (κ2) is 9.43. The summed E-state index contributed by atoms with van der Waals surface area (Å²) in [7, 11) is 0. The Balaban J connectivity index is 0.000000364. The van der Waals surface area contributed by atoms with Gasteiger partial charge in [-0.1, -0.05) is 50.2 Å². The monoisotopic (exact) mass is 357 g/mol. The van der Waals surface area contributed by atoms with E-state index in [2.05, 4.69) is 0 Å². The fourth-order valence-electron chi connectivity index (χ4n) is 1.56. The van der Waals surface area contributed by atoms with E-state index >= 15 is 0 Å². The zero-order valence-electron chi connectivity index (χ0n) is 12.0. The van der Waals surface area contributed by atoms with E-state index in [1.54, 1.807) is 36.4 Å². The molecular weight excluding hydrogens is 341 g/mol. The van der Waals surface area contributed by atoms with Gasteiger partial charge < -0.3 is 21.0 Å². The summed E-state index contributed by atoms with van der Waals surface area (Å²) >= 11 is 0. The van der Waals surface area contributed by atoms with Crippen molar-refractivity contribution in [2.75, 3.05) is 0 Å². The van der Waals surface area contributed by atoms with Crippen LogP contribution in [-0.4, -0.2) is 21.6 Å². The van der Waals surface area contributed by atoms with Crippen LogP contribution in [0.4, 0.5) is 0 Å². The Morgan fingerprint density at radius 1 is 0.714 bits per heavy atom. The van der Waals surface area contributed by atoms with E-state index in [0.717, 1.165) is 0 Å². The maximum absolute atomic E-state index is 9.10. The molecule has 4 nitrogen and oxygen atoms in total. The third kappa shape index (κ3) is 6.19. The van der Waals surface area contributed by atoms with E-state index in [1.165, 1.54) is 26.0 Å². The van der Waals surface area contributed by atoms with Crippen molar-refractivity contribution in [2.24, 2.45) is 0 Å². The summed E-state index contributed by atoms with van der Waals surface area (Å²) < 4.78 is 0. The van der Waals surface area contributed by atoms with Crippen LogP contribution < -0.4 is 0 Å². The quantitative estimate of drug-likeness (QED) is 0.806. The van der Waals surface area contributed by atoms with Crippen LogP contribution in [0, 0.1) is 0 Å². The molecule has 0 bridgehead atoms. The summed E-state index contributed by atoms with van der Waals surface area (Å²) in [6.45, 7) is 3.07. The normalized spacial score (nSPS) is 8.86. The molecule has 0 amide bonds. The average molecular weight is 357 g/mol. The zero-order valence-corrected chi connectivity index (χ0v) is 14.8. The molecule has 0 aliphatic rings. The molecular formula is C16H16N2O2Y+. The Kier molecular flexibility index (Phi) is 8.75. The minimum absolute atomic E-state index is 0. The maximum Gasteiger partial charge on any atom is 3.00 e. The van der Waals surface area contributed by atoms with Crippen LogP contribution in [0.25, 0.3) is 10.8 Å². The van der Waals surface area contributed by atoms with Crippen LogP contribution >= 0.6 is 0 Å². The SMILES string of the molecule is CC(=[N-])c1ccccc1O.CC(=[N-])c1ccccc1O.[Y+3]. The summed E-state index contributed by atoms with van der Waals surface area (Å²) in [5.74, 6) is 0.227.